The van der Waals surface area contributed by atoms with Crippen molar-refractivity contribution in [3.63, 3.8) is 0 Å². The molecule has 3 aromatic rings. The van der Waals surface area contributed by atoms with E-state index in [1.807, 2.05) is 0 Å². The summed E-state index contributed by atoms with van der Waals surface area (Å²) in [6.07, 6.45) is 26.0. The van der Waals surface area contributed by atoms with Crippen LogP contribution >= 0.6 is 21.6 Å². The first-order valence-corrected chi connectivity index (χ1v) is 23.6. The molecule has 0 aliphatic heterocycles. The van der Waals surface area contributed by atoms with E-state index < -0.39 is 0 Å². The van der Waals surface area contributed by atoms with Gasteiger partial charge in [0.25, 0.3) is 0 Å². The second-order valence-electron chi connectivity index (χ2n) is 15.6. The maximum Gasteiger partial charge on any atom is 0.169 e. The van der Waals surface area contributed by atoms with E-state index in [4.69, 9.17) is 0 Å². The molecule has 0 saturated carbocycles. The standard InChI is InChI=1S/C48H74N6S2/c1-9-43(29-32-49-10-2)25-27-45-21-12-14-23-47(45)51(5)35-18-34-50(4)33-16-17-41-55-56-42-20-40-54(7,8)39-19-36-52(6)48-24-15-13-22-46(48)28-26-44-30-37-53(11-3)38-31-44/h9,12-15,21-32,37-38,49H,10-11,16-20,33-36,39-42H2,1-8H3/q+2/p+2/b27-25+,32-29-,43-9-. The van der Waals surface area contributed by atoms with Crippen LogP contribution in [0.4, 0.5) is 11.4 Å². The summed E-state index contributed by atoms with van der Waals surface area (Å²) in [5, 5.41) is 2.19. The minimum atomic E-state index is 0.997. The number of hydrogen-bond donors (Lipinski definition) is 2. The van der Waals surface area contributed by atoms with Crippen molar-refractivity contribution in [3.8, 4) is 0 Å². The average Bonchev–Trinajstić information content (AvgIpc) is 3.21. The molecule has 0 aliphatic rings. The average molecular weight is 801 g/mol. The van der Waals surface area contributed by atoms with Crippen LogP contribution in [0, 0.1) is 0 Å². The lowest BCUT2D eigenvalue weighted by molar-refractivity contribution is -0.890. The fourth-order valence-corrected chi connectivity index (χ4v) is 8.99. The normalized spacial score (nSPS) is 13.0. The monoisotopic (exact) mass is 801 g/mol. The van der Waals surface area contributed by atoms with E-state index in [-0.39, 0.29) is 0 Å². The molecule has 0 spiro atoms. The van der Waals surface area contributed by atoms with Crippen LogP contribution in [0.2, 0.25) is 0 Å². The van der Waals surface area contributed by atoms with Gasteiger partial charge >= 0.3 is 0 Å². The third kappa shape index (κ3) is 18.8. The maximum absolute atomic E-state index is 2.42. The highest BCUT2D eigenvalue weighted by Crippen LogP contribution is 2.25. The SMILES string of the molecule is C/C=C(\C=C/[NH2+]CC)/C=C/c1ccccc1N(C)CCC[NH+](C)CCCCSSCCC[N+](C)(C)CCCN(C)c1ccccc1/C=C/c1cc[n+](CC)cc1. The van der Waals surface area contributed by atoms with E-state index in [0.717, 1.165) is 30.7 Å². The third-order valence-electron chi connectivity index (χ3n) is 10.4. The van der Waals surface area contributed by atoms with Gasteiger partial charge in [-0.25, -0.2) is 4.57 Å². The molecule has 0 fully saturated rings. The number of rotatable bonds is 28. The molecule has 8 heteroatoms. The molecule has 0 bridgehead atoms. The number of allylic oxidation sites excluding steroid dienone is 4. The van der Waals surface area contributed by atoms with E-state index in [2.05, 4.69) is 213 Å². The van der Waals surface area contributed by atoms with Crippen molar-refractivity contribution in [1.29, 1.82) is 0 Å². The number of pyridine rings is 1. The van der Waals surface area contributed by atoms with Crippen LogP contribution in [-0.4, -0.2) is 97.0 Å². The maximum atomic E-state index is 2.42. The summed E-state index contributed by atoms with van der Waals surface area (Å²) in [4.78, 5) is 6.50. The van der Waals surface area contributed by atoms with Crippen molar-refractivity contribution < 1.29 is 19.3 Å². The largest absolute Gasteiger partial charge is 0.374 e. The molecule has 1 aromatic heterocycles. The van der Waals surface area contributed by atoms with E-state index in [1.54, 1.807) is 4.90 Å². The second kappa shape index (κ2) is 27.4. The lowest BCUT2D eigenvalue weighted by Crippen LogP contribution is -3.09. The lowest BCUT2D eigenvalue weighted by atomic mass is 10.1. The Morgan fingerprint density at radius 2 is 1.32 bits per heavy atom. The van der Waals surface area contributed by atoms with Crippen molar-refractivity contribution in [2.45, 2.75) is 59.4 Å². The number of anilines is 2. The highest BCUT2D eigenvalue weighted by molar-refractivity contribution is 8.76. The van der Waals surface area contributed by atoms with Gasteiger partial charge in [0.2, 0.25) is 0 Å². The molecule has 0 saturated heterocycles. The van der Waals surface area contributed by atoms with Crippen LogP contribution in [-0.2, 0) is 6.54 Å². The zero-order chi connectivity index (χ0) is 40.4. The molecule has 1 heterocycles. The zero-order valence-corrected chi connectivity index (χ0v) is 37.9. The van der Waals surface area contributed by atoms with Gasteiger partial charge < -0.3 is 24.5 Å². The number of hydrogen-bond acceptors (Lipinski definition) is 4. The van der Waals surface area contributed by atoms with E-state index in [1.165, 1.54) is 103 Å². The Morgan fingerprint density at radius 3 is 1.96 bits per heavy atom. The highest BCUT2D eigenvalue weighted by Gasteiger charge is 2.15. The molecule has 0 aliphatic carbocycles. The molecule has 306 valence electrons. The summed E-state index contributed by atoms with van der Waals surface area (Å²) in [6.45, 7) is 15.6. The lowest BCUT2D eigenvalue weighted by Gasteiger charge is -2.31. The van der Waals surface area contributed by atoms with E-state index >= 15 is 0 Å². The van der Waals surface area contributed by atoms with Gasteiger partial charge in [-0.15, -0.1) is 0 Å². The number of aryl methyl sites for hydroxylation is 1. The van der Waals surface area contributed by atoms with Crippen LogP contribution in [0.5, 0.6) is 0 Å². The molecule has 3 rings (SSSR count). The summed E-state index contributed by atoms with van der Waals surface area (Å²) >= 11 is 0. The summed E-state index contributed by atoms with van der Waals surface area (Å²) < 4.78 is 3.28. The summed E-state index contributed by atoms with van der Waals surface area (Å²) in [5.74, 6) is 2.51. The van der Waals surface area contributed by atoms with Gasteiger partial charge in [0.1, 0.15) is 6.54 Å². The third-order valence-corrected chi connectivity index (χ3v) is 13.0. The fourth-order valence-electron chi connectivity index (χ4n) is 6.77. The fraction of sp³-hybridized carbons (Fsp3) is 0.479. The van der Waals surface area contributed by atoms with Crippen molar-refractivity contribution in [2.75, 3.05) is 102 Å². The van der Waals surface area contributed by atoms with Gasteiger partial charge in [-0.05, 0) is 74.1 Å². The smallest absolute Gasteiger partial charge is 0.169 e. The van der Waals surface area contributed by atoms with Crippen LogP contribution in [0.15, 0.2) is 103 Å². The number of unbranched alkanes of at least 4 members (excludes halogenated alkanes) is 1. The first-order valence-electron chi connectivity index (χ1n) is 21.1. The summed E-state index contributed by atoms with van der Waals surface area (Å²) in [6, 6.07) is 21.9. The molecule has 1 atom stereocenters. The minimum Gasteiger partial charge on any atom is -0.374 e. The number of para-hydroxylation sites is 2. The Bertz CT molecular complexity index is 1630. The number of quaternary nitrogens is 3. The van der Waals surface area contributed by atoms with E-state index in [9.17, 15) is 0 Å². The molecule has 56 heavy (non-hydrogen) atoms. The molecule has 0 radical (unpaired) electrons. The van der Waals surface area contributed by atoms with Gasteiger partial charge in [-0.2, -0.15) is 0 Å². The van der Waals surface area contributed by atoms with Gasteiger partial charge in [0.15, 0.2) is 12.4 Å². The summed E-state index contributed by atoms with van der Waals surface area (Å²) in [7, 11) is 15.8. The number of nitrogens with zero attached hydrogens (tertiary/aromatic N) is 4. The van der Waals surface area contributed by atoms with Crippen LogP contribution in [0.3, 0.4) is 0 Å². The summed E-state index contributed by atoms with van der Waals surface area (Å²) in [5.41, 5.74) is 7.61. The van der Waals surface area contributed by atoms with Crippen molar-refractivity contribution >= 4 is 51.2 Å². The van der Waals surface area contributed by atoms with Gasteiger partial charge in [0, 0.05) is 81.5 Å². The first-order chi connectivity index (χ1) is 27.2. The first kappa shape index (κ1) is 47.1. The Balaban J connectivity index is 1.24. The molecular weight excluding hydrogens is 725 g/mol. The zero-order valence-electron chi connectivity index (χ0n) is 36.3. The Hall–Kier alpha value is -3.27. The predicted molar refractivity (Wildman–Crippen MR) is 252 cm³/mol. The predicted octanol–water partition coefficient (Wildman–Crippen LogP) is 7.72. The topological polar surface area (TPSA) is 31.4 Å². The quantitative estimate of drug-likeness (QED) is 0.0259. The van der Waals surface area contributed by atoms with Gasteiger partial charge in [0.05, 0.1) is 60.1 Å². The molecule has 3 N–H and O–H groups in total. The van der Waals surface area contributed by atoms with Crippen LogP contribution in [0.1, 0.15) is 69.6 Å². The Labute approximate surface area is 350 Å². The van der Waals surface area contributed by atoms with E-state index in [0.29, 0.717) is 0 Å². The van der Waals surface area contributed by atoms with Gasteiger partial charge in [-0.1, -0.05) is 88.4 Å². The van der Waals surface area contributed by atoms with Crippen molar-refractivity contribution in [2.24, 2.45) is 0 Å². The number of aromatic nitrogens is 1. The number of nitrogens with one attached hydrogen (secondary N) is 1. The Kier molecular flexibility index (Phi) is 23.0. The van der Waals surface area contributed by atoms with Crippen molar-refractivity contribution in [1.82, 2.24) is 0 Å². The van der Waals surface area contributed by atoms with Gasteiger partial charge in [-0.3, -0.25) is 0 Å². The molecule has 2 aromatic carbocycles. The molecule has 6 nitrogen and oxygen atoms in total. The van der Waals surface area contributed by atoms with Crippen molar-refractivity contribution in [3.05, 3.63) is 120 Å². The Morgan fingerprint density at radius 1 is 0.732 bits per heavy atom. The highest BCUT2D eigenvalue weighted by atomic mass is 33.1. The molecule has 0 amide bonds. The second-order valence-corrected chi connectivity index (χ2v) is 18.3. The van der Waals surface area contributed by atoms with Crippen LogP contribution in [0.25, 0.3) is 18.2 Å². The minimum absolute atomic E-state index is 0.997. The molecular formula is C48H76N6S2+4. The number of benzene rings is 2. The molecule has 1 unspecified atom stereocenters. The number of nitrogens with two attached hydrogens (primary N) is 1. The van der Waals surface area contributed by atoms with Crippen LogP contribution < -0.4 is 24.6 Å².